The van der Waals surface area contributed by atoms with Crippen molar-refractivity contribution in [3.63, 3.8) is 0 Å². The van der Waals surface area contributed by atoms with Gasteiger partial charge in [-0.3, -0.25) is 9.59 Å². The summed E-state index contributed by atoms with van der Waals surface area (Å²) >= 11 is 6.27. The van der Waals surface area contributed by atoms with E-state index >= 15 is 0 Å². The minimum atomic E-state index is -0.778. The van der Waals surface area contributed by atoms with Crippen LogP contribution in [0.3, 0.4) is 0 Å². The summed E-state index contributed by atoms with van der Waals surface area (Å²) in [7, 11) is 1.54. The lowest BCUT2D eigenvalue weighted by Gasteiger charge is -2.18. The van der Waals surface area contributed by atoms with Crippen molar-refractivity contribution in [3.05, 3.63) is 85.8 Å². The number of amides is 1. The van der Waals surface area contributed by atoms with Crippen LogP contribution in [0.2, 0.25) is 5.02 Å². The molecule has 3 rings (SSSR count). The lowest BCUT2D eigenvalue weighted by Crippen LogP contribution is -2.27. The molecular formula is C24H23ClF2N2O4. The number of hydrogen-bond acceptors (Lipinski definition) is 4. The van der Waals surface area contributed by atoms with E-state index in [2.05, 4.69) is 10.3 Å². The molecular weight excluding hydrogens is 454 g/mol. The first-order valence-electron chi connectivity index (χ1n) is 10.1. The molecule has 0 saturated carbocycles. The van der Waals surface area contributed by atoms with Crippen molar-refractivity contribution in [2.45, 2.75) is 20.5 Å². The summed E-state index contributed by atoms with van der Waals surface area (Å²) in [4.78, 5) is 27.6. The number of rotatable bonds is 8. The van der Waals surface area contributed by atoms with Gasteiger partial charge >= 0.3 is 0 Å². The summed E-state index contributed by atoms with van der Waals surface area (Å²) in [6.45, 7) is 3.88. The van der Waals surface area contributed by atoms with Crippen LogP contribution in [0.4, 0.5) is 8.78 Å². The zero-order valence-corrected chi connectivity index (χ0v) is 19.1. The van der Waals surface area contributed by atoms with Crippen molar-refractivity contribution in [3.8, 4) is 16.9 Å². The molecule has 0 fully saturated rings. The fourth-order valence-electron chi connectivity index (χ4n) is 3.43. The Morgan fingerprint density at radius 3 is 2.64 bits per heavy atom. The highest BCUT2D eigenvalue weighted by molar-refractivity contribution is 6.32. The van der Waals surface area contributed by atoms with Crippen LogP contribution in [0.5, 0.6) is 5.75 Å². The summed E-state index contributed by atoms with van der Waals surface area (Å²) in [6, 6.07) is 8.27. The summed E-state index contributed by atoms with van der Waals surface area (Å²) in [5.41, 5.74) is 2.13. The van der Waals surface area contributed by atoms with Crippen molar-refractivity contribution in [1.29, 1.82) is 0 Å². The van der Waals surface area contributed by atoms with Gasteiger partial charge in [0.2, 0.25) is 0 Å². The number of ether oxygens (including phenoxy) is 2. The molecule has 0 unspecified atom stereocenters. The molecule has 0 aliphatic carbocycles. The molecule has 0 saturated heterocycles. The van der Waals surface area contributed by atoms with Crippen molar-refractivity contribution in [2.75, 3.05) is 20.3 Å². The average Bonchev–Trinajstić information content (AvgIpc) is 2.77. The number of H-pyrrole nitrogens is 1. The SMILES string of the molecule is COCCNC(=O)c1cccc(-c2c(C)[nH]c(=O)c(Cl)c2OCc2ccc(F)cc2F)c1C. The van der Waals surface area contributed by atoms with E-state index in [0.717, 1.165) is 12.1 Å². The molecule has 0 aliphatic heterocycles. The van der Waals surface area contributed by atoms with Gasteiger partial charge in [-0.1, -0.05) is 23.7 Å². The van der Waals surface area contributed by atoms with Crippen molar-refractivity contribution in [2.24, 2.45) is 0 Å². The molecule has 0 bridgehead atoms. The Hall–Kier alpha value is -3.23. The summed E-state index contributed by atoms with van der Waals surface area (Å²) in [5, 5.41) is 2.56. The number of halogens is 3. The molecule has 2 N–H and O–H groups in total. The van der Waals surface area contributed by atoms with E-state index < -0.39 is 17.2 Å². The van der Waals surface area contributed by atoms with Crippen molar-refractivity contribution in [1.82, 2.24) is 10.3 Å². The highest BCUT2D eigenvalue weighted by atomic mass is 35.5. The Bertz CT molecular complexity index is 1240. The first-order valence-corrected chi connectivity index (χ1v) is 10.5. The third-order valence-corrected chi connectivity index (χ3v) is 5.47. The van der Waals surface area contributed by atoms with Crippen molar-refractivity contribution < 1.29 is 23.0 Å². The van der Waals surface area contributed by atoms with E-state index in [1.807, 2.05) is 0 Å². The van der Waals surface area contributed by atoms with Gasteiger partial charge in [0, 0.05) is 42.1 Å². The highest BCUT2D eigenvalue weighted by Crippen LogP contribution is 2.39. The van der Waals surface area contributed by atoms with E-state index in [9.17, 15) is 18.4 Å². The van der Waals surface area contributed by atoms with E-state index in [4.69, 9.17) is 21.1 Å². The maximum atomic E-state index is 14.1. The fourth-order valence-corrected chi connectivity index (χ4v) is 3.63. The topological polar surface area (TPSA) is 80.4 Å². The smallest absolute Gasteiger partial charge is 0.270 e. The van der Waals surface area contributed by atoms with Crippen LogP contribution < -0.4 is 15.6 Å². The van der Waals surface area contributed by atoms with Crippen LogP contribution in [0.1, 0.15) is 27.2 Å². The summed E-state index contributed by atoms with van der Waals surface area (Å²) in [5.74, 6) is -1.73. The van der Waals surface area contributed by atoms with Gasteiger partial charge in [-0.05, 0) is 43.2 Å². The monoisotopic (exact) mass is 476 g/mol. The van der Waals surface area contributed by atoms with E-state index in [1.54, 1.807) is 39.2 Å². The van der Waals surface area contributed by atoms with Gasteiger partial charge < -0.3 is 19.8 Å². The normalized spacial score (nSPS) is 10.8. The Morgan fingerprint density at radius 1 is 1.18 bits per heavy atom. The van der Waals surface area contributed by atoms with Crippen LogP contribution in [0.25, 0.3) is 11.1 Å². The average molecular weight is 477 g/mol. The van der Waals surface area contributed by atoms with E-state index in [0.29, 0.717) is 41.1 Å². The number of methoxy groups -OCH3 is 1. The minimum Gasteiger partial charge on any atom is -0.486 e. The molecule has 0 aliphatic rings. The van der Waals surface area contributed by atoms with Gasteiger partial charge in [0.25, 0.3) is 11.5 Å². The van der Waals surface area contributed by atoms with Crippen LogP contribution >= 0.6 is 11.6 Å². The van der Waals surface area contributed by atoms with E-state index in [-0.39, 0.29) is 28.8 Å². The molecule has 0 atom stereocenters. The maximum absolute atomic E-state index is 14.1. The zero-order chi connectivity index (χ0) is 24.1. The molecule has 2 aromatic carbocycles. The number of aromatic nitrogens is 1. The molecule has 0 radical (unpaired) electrons. The lowest BCUT2D eigenvalue weighted by molar-refractivity contribution is 0.0936. The number of pyridine rings is 1. The number of carbonyl (C=O) groups is 1. The van der Waals surface area contributed by atoms with Crippen LogP contribution in [-0.2, 0) is 11.3 Å². The Morgan fingerprint density at radius 2 is 1.94 bits per heavy atom. The maximum Gasteiger partial charge on any atom is 0.270 e. The third kappa shape index (κ3) is 5.40. The number of aryl methyl sites for hydroxylation is 1. The molecule has 174 valence electrons. The Kier molecular flexibility index (Phi) is 7.84. The van der Waals surface area contributed by atoms with Crippen LogP contribution in [0, 0.1) is 25.5 Å². The van der Waals surface area contributed by atoms with Gasteiger partial charge in [-0.25, -0.2) is 8.78 Å². The Balaban J connectivity index is 2.05. The van der Waals surface area contributed by atoms with Crippen LogP contribution in [-0.4, -0.2) is 31.2 Å². The second kappa shape index (κ2) is 10.6. The predicted molar refractivity (Wildman–Crippen MR) is 122 cm³/mol. The van der Waals surface area contributed by atoms with Gasteiger partial charge in [0.1, 0.15) is 23.3 Å². The minimum absolute atomic E-state index is 0.0432. The van der Waals surface area contributed by atoms with Crippen molar-refractivity contribution >= 4 is 17.5 Å². The second-order valence-electron chi connectivity index (χ2n) is 7.35. The first-order chi connectivity index (χ1) is 15.7. The van der Waals surface area contributed by atoms with Crippen LogP contribution in [0.15, 0.2) is 41.2 Å². The Labute approximate surface area is 194 Å². The lowest BCUT2D eigenvalue weighted by atomic mass is 9.94. The van der Waals surface area contributed by atoms with Gasteiger partial charge in [-0.15, -0.1) is 0 Å². The number of hydrogen-bond donors (Lipinski definition) is 2. The van der Waals surface area contributed by atoms with Gasteiger partial charge in [-0.2, -0.15) is 0 Å². The highest BCUT2D eigenvalue weighted by Gasteiger charge is 2.22. The molecule has 1 aromatic heterocycles. The molecule has 33 heavy (non-hydrogen) atoms. The summed E-state index contributed by atoms with van der Waals surface area (Å²) in [6.07, 6.45) is 0. The molecule has 0 spiro atoms. The number of carbonyl (C=O) groups excluding carboxylic acids is 1. The number of aromatic amines is 1. The standard InChI is InChI=1S/C24H23ClF2N2O4/c1-13-17(5-4-6-18(13)23(30)28-9-10-32-3)20-14(2)29-24(31)21(25)22(20)33-12-15-7-8-16(26)11-19(15)27/h4-8,11H,9-10,12H2,1-3H3,(H,28,30)(H,29,31). The zero-order valence-electron chi connectivity index (χ0n) is 18.4. The van der Waals surface area contributed by atoms with Gasteiger partial charge in [0.05, 0.1) is 6.61 Å². The molecule has 1 heterocycles. The third-order valence-electron chi connectivity index (χ3n) is 5.13. The summed E-state index contributed by atoms with van der Waals surface area (Å²) < 4.78 is 38.1. The molecule has 6 nitrogen and oxygen atoms in total. The quantitative estimate of drug-likeness (QED) is 0.467. The second-order valence-corrected chi connectivity index (χ2v) is 7.73. The largest absolute Gasteiger partial charge is 0.486 e. The molecule has 1 amide bonds. The van der Waals surface area contributed by atoms with E-state index in [1.165, 1.54) is 6.07 Å². The number of nitrogens with one attached hydrogen (secondary N) is 2. The van der Waals surface area contributed by atoms with Gasteiger partial charge in [0.15, 0.2) is 5.75 Å². The first kappa shape index (κ1) is 24.4. The fraction of sp³-hybridized carbons (Fsp3) is 0.250. The molecule has 3 aromatic rings. The number of benzene rings is 2. The predicted octanol–water partition coefficient (Wildman–Crippen LogP) is 4.55. The molecule has 9 heteroatoms.